The number of hydrogen-bond acceptors (Lipinski definition) is 6. The minimum atomic E-state index is -0.775. The van der Waals surface area contributed by atoms with Crippen LogP contribution in [0.1, 0.15) is 57.7 Å². The van der Waals surface area contributed by atoms with E-state index in [-0.39, 0.29) is 36.6 Å². The summed E-state index contributed by atoms with van der Waals surface area (Å²) in [7, 11) is 1.65. The Labute approximate surface area is 217 Å². The van der Waals surface area contributed by atoms with Gasteiger partial charge in [-0.3, -0.25) is 14.4 Å². The van der Waals surface area contributed by atoms with E-state index in [0.29, 0.717) is 25.8 Å². The molecule has 2 aromatic rings. The highest BCUT2D eigenvalue weighted by atomic mass is 32.1. The highest BCUT2D eigenvalue weighted by Crippen LogP contribution is 2.27. The molecule has 1 saturated heterocycles. The van der Waals surface area contributed by atoms with Gasteiger partial charge in [-0.2, -0.15) is 0 Å². The molecule has 196 valence electrons. The van der Waals surface area contributed by atoms with E-state index in [4.69, 9.17) is 0 Å². The molecule has 0 spiro atoms. The minimum Gasteiger partial charge on any atom is -0.391 e. The van der Waals surface area contributed by atoms with Crippen LogP contribution < -0.4 is 5.32 Å². The Hall–Kier alpha value is -2.78. The molecule has 0 aliphatic carbocycles. The Morgan fingerprint density at radius 3 is 2.53 bits per heavy atom. The number of carbonyl (C=O) groups is 3. The lowest BCUT2D eigenvalue weighted by Gasteiger charge is -2.34. The summed E-state index contributed by atoms with van der Waals surface area (Å²) < 4.78 is 0. The lowest BCUT2D eigenvalue weighted by molar-refractivity contribution is -0.148. The number of aliphatic hydroxyl groups excluding tert-OH is 1. The summed E-state index contributed by atoms with van der Waals surface area (Å²) in [6.45, 7) is 8.32. The summed E-state index contributed by atoms with van der Waals surface area (Å²) >= 11 is 1.59. The smallest absolute Gasteiger partial charge is 0.246 e. The summed E-state index contributed by atoms with van der Waals surface area (Å²) in [4.78, 5) is 47.7. The fourth-order valence-electron chi connectivity index (χ4n) is 4.59. The van der Waals surface area contributed by atoms with Gasteiger partial charge in [-0.25, -0.2) is 4.98 Å². The lowest BCUT2D eigenvalue weighted by Crippen LogP contribution is -2.54. The number of aryl methyl sites for hydroxylation is 1. The highest BCUT2D eigenvalue weighted by molar-refractivity contribution is 7.13. The van der Waals surface area contributed by atoms with Gasteiger partial charge in [-0.1, -0.05) is 45.0 Å². The minimum absolute atomic E-state index is 0.0875. The van der Waals surface area contributed by atoms with Crippen LogP contribution >= 0.6 is 11.3 Å². The maximum absolute atomic E-state index is 13.6. The van der Waals surface area contributed by atoms with Gasteiger partial charge in [0.2, 0.25) is 17.7 Å². The number of nitrogens with one attached hydrogen (secondary N) is 1. The number of benzene rings is 1. The van der Waals surface area contributed by atoms with E-state index in [1.165, 1.54) is 9.80 Å². The largest absolute Gasteiger partial charge is 0.391 e. The van der Waals surface area contributed by atoms with Gasteiger partial charge in [0.25, 0.3) is 0 Å². The van der Waals surface area contributed by atoms with Crippen molar-refractivity contribution in [3.05, 3.63) is 41.0 Å². The van der Waals surface area contributed by atoms with E-state index in [1.54, 1.807) is 18.4 Å². The first-order valence-electron chi connectivity index (χ1n) is 12.6. The number of amides is 3. The summed E-state index contributed by atoms with van der Waals surface area (Å²) in [5, 5.41) is 13.3. The molecule has 8 nitrogen and oxygen atoms in total. The van der Waals surface area contributed by atoms with Crippen LogP contribution in [0.25, 0.3) is 10.4 Å². The van der Waals surface area contributed by atoms with Crippen molar-refractivity contribution >= 4 is 29.1 Å². The molecule has 2 heterocycles. The first kappa shape index (κ1) is 27.8. The molecule has 36 heavy (non-hydrogen) atoms. The third-order valence-corrected chi connectivity index (χ3v) is 7.58. The molecule has 1 aromatic carbocycles. The van der Waals surface area contributed by atoms with Crippen LogP contribution in [0, 0.1) is 12.8 Å². The predicted molar refractivity (Wildman–Crippen MR) is 141 cm³/mol. The molecule has 3 atom stereocenters. The predicted octanol–water partition coefficient (Wildman–Crippen LogP) is 3.37. The van der Waals surface area contributed by atoms with E-state index in [9.17, 15) is 19.5 Å². The molecular weight excluding hydrogens is 476 g/mol. The van der Waals surface area contributed by atoms with E-state index in [2.05, 4.69) is 10.3 Å². The lowest BCUT2D eigenvalue weighted by atomic mass is 10.0. The Kier molecular flexibility index (Phi) is 9.62. The van der Waals surface area contributed by atoms with Crippen molar-refractivity contribution in [1.82, 2.24) is 20.1 Å². The van der Waals surface area contributed by atoms with Crippen molar-refractivity contribution < 1.29 is 19.5 Å². The summed E-state index contributed by atoms with van der Waals surface area (Å²) in [5.74, 6) is -0.480. The molecule has 3 unspecified atom stereocenters. The van der Waals surface area contributed by atoms with Crippen LogP contribution in [-0.2, 0) is 20.9 Å². The molecular formula is C27H38N4O4S. The van der Waals surface area contributed by atoms with Crippen LogP contribution in [0.15, 0.2) is 29.8 Å². The molecule has 1 fully saturated rings. The third kappa shape index (κ3) is 6.70. The number of aromatic nitrogens is 1. The number of β-amino-alcohol motifs (C(OH)–C–C–N with tert-alkyl or cyclic N) is 1. The molecule has 9 heteroatoms. The molecule has 3 rings (SSSR count). The van der Waals surface area contributed by atoms with Crippen molar-refractivity contribution in [1.29, 1.82) is 0 Å². The first-order valence-corrected chi connectivity index (χ1v) is 13.5. The molecule has 0 radical (unpaired) electrons. The van der Waals surface area contributed by atoms with Crippen LogP contribution in [0.2, 0.25) is 0 Å². The van der Waals surface area contributed by atoms with Gasteiger partial charge in [0, 0.05) is 33.0 Å². The van der Waals surface area contributed by atoms with Gasteiger partial charge in [0.15, 0.2) is 0 Å². The van der Waals surface area contributed by atoms with E-state index < -0.39 is 18.2 Å². The quantitative estimate of drug-likeness (QED) is 0.506. The van der Waals surface area contributed by atoms with Crippen molar-refractivity contribution in [2.45, 2.75) is 78.1 Å². The molecule has 1 aromatic heterocycles. The monoisotopic (exact) mass is 514 g/mol. The Morgan fingerprint density at radius 1 is 1.25 bits per heavy atom. The SMILES string of the molecule is CCCC(=O)N(C)C(CC(C)C)C(=O)N1CC(O)CC1C(=O)NCc1ccc(-c2scnc2C)cc1. The fraction of sp³-hybridized carbons (Fsp3) is 0.556. The standard InChI is InChI=1S/C27H38N4O4S/c1-6-7-24(33)30(5)23(12-17(2)3)27(35)31-15-21(32)13-22(31)26(34)28-14-19-8-10-20(11-9-19)25-18(4)29-16-36-25/h8-11,16-17,21-23,32H,6-7,12-15H2,1-5H3,(H,28,34). The molecule has 1 aliphatic heterocycles. The number of likely N-dealkylation sites (tertiary alicyclic amines) is 1. The first-order chi connectivity index (χ1) is 17.1. The molecule has 2 N–H and O–H groups in total. The second-order valence-electron chi connectivity index (χ2n) is 9.98. The molecule has 0 saturated carbocycles. The van der Waals surface area contributed by atoms with Crippen LogP contribution in [0.5, 0.6) is 0 Å². The molecule has 0 bridgehead atoms. The topological polar surface area (TPSA) is 103 Å². The second-order valence-corrected chi connectivity index (χ2v) is 10.8. The summed E-state index contributed by atoms with van der Waals surface area (Å²) in [6, 6.07) is 6.53. The van der Waals surface area contributed by atoms with Crippen molar-refractivity contribution in [3.63, 3.8) is 0 Å². The normalized spacial score (nSPS) is 18.4. The van der Waals surface area contributed by atoms with Gasteiger partial charge >= 0.3 is 0 Å². The van der Waals surface area contributed by atoms with Gasteiger partial charge in [0.1, 0.15) is 12.1 Å². The number of carbonyl (C=O) groups excluding carboxylic acids is 3. The van der Waals surface area contributed by atoms with E-state index in [1.807, 2.05) is 57.5 Å². The van der Waals surface area contributed by atoms with Gasteiger partial charge in [-0.05, 0) is 36.8 Å². The zero-order valence-corrected chi connectivity index (χ0v) is 22.7. The maximum atomic E-state index is 13.6. The maximum Gasteiger partial charge on any atom is 0.246 e. The molecule has 1 aliphatic rings. The van der Waals surface area contributed by atoms with E-state index >= 15 is 0 Å². The van der Waals surface area contributed by atoms with Gasteiger partial charge < -0.3 is 20.2 Å². The van der Waals surface area contributed by atoms with Gasteiger partial charge in [0.05, 0.1) is 22.2 Å². The fourth-order valence-corrected chi connectivity index (χ4v) is 5.40. The number of aliphatic hydroxyl groups is 1. The zero-order valence-electron chi connectivity index (χ0n) is 21.9. The van der Waals surface area contributed by atoms with Crippen molar-refractivity contribution in [2.75, 3.05) is 13.6 Å². The summed E-state index contributed by atoms with van der Waals surface area (Å²) in [6.07, 6.45) is 0.971. The summed E-state index contributed by atoms with van der Waals surface area (Å²) in [5.41, 5.74) is 4.83. The number of hydrogen-bond donors (Lipinski definition) is 2. The van der Waals surface area contributed by atoms with Gasteiger partial charge in [-0.15, -0.1) is 11.3 Å². The van der Waals surface area contributed by atoms with E-state index in [0.717, 1.165) is 21.7 Å². The Balaban J connectivity index is 1.68. The number of thiazole rings is 1. The average molecular weight is 515 g/mol. The van der Waals surface area contributed by atoms with Crippen molar-refractivity contribution in [2.24, 2.45) is 5.92 Å². The highest BCUT2D eigenvalue weighted by Gasteiger charge is 2.42. The number of rotatable bonds is 10. The second kappa shape index (κ2) is 12.5. The number of nitrogens with zero attached hydrogens (tertiary/aromatic N) is 3. The van der Waals surface area contributed by atoms with Crippen molar-refractivity contribution in [3.8, 4) is 10.4 Å². The number of likely N-dealkylation sites (N-methyl/N-ethyl adjacent to an activating group) is 1. The van der Waals surface area contributed by atoms with Crippen LogP contribution in [0.3, 0.4) is 0 Å². The van der Waals surface area contributed by atoms with Crippen LogP contribution in [0.4, 0.5) is 0 Å². The zero-order chi connectivity index (χ0) is 26.4. The Morgan fingerprint density at radius 2 is 1.94 bits per heavy atom. The average Bonchev–Trinajstić information content (AvgIpc) is 3.46. The Bertz CT molecular complexity index is 1050. The van der Waals surface area contributed by atoms with Crippen LogP contribution in [-0.4, -0.2) is 69.4 Å². The third-order valence-electron chi connectivity index (χ3n) is 6.60. The molecule has 3 amide bonds.